The lowest BCUT2D eigenvalue weighted by Gasteiger charge is -2.16. The van der Waals surface area contributed by atoms with Crippen molar-refractivity contribution >= 4 is 23.2 Å². The number of hydrogen-bond acceptors (Lipinski definition) is 4. The second-order valence-corrected chi connectivity index (χ2v) is 5.68. The van der Waals surface area contributed by atoms with Crippen LogP contribution in [0.25, 0.3) is 5.65 Å². The number of nitrogens with one attached hydrogen (secondary N) is 1. The van der Waals surface area contributed by atoms with E-state index in [1.54, 1.807) is 41.8 Å². The highest BCUT2D eigenvalue weighted by Crippen LogP contribution is 2.20. The molecule has 0 radical (unpaired) electrons. The van der Waals surface area contributed by atoms with Gasteiger partial charge in [-0.2, -0.15) is 0 Å². The van der Waals surface area contributed by atoms with Crippen molar-refractivity contribution in [3.8, 4) is 0 Å². The first-order chi connectivity index (χ1) is 11.1. The van der Waals surface area contributed by atoms with Crippen molar-refractivity contribution in [3.63, 3.8) is 0 Å². The molecular weight excluding hydrogens is 318 g/mol. The molecule has 6 nitrogen and oxygen atoms in total. The van der Waals surface area contributed by atoms with Crippen molar-refractivity contribution < 1.29 is 14.3 Å². The molecule has 3 aromatic rings. The Kier molecular flexibility index (Phi) is 4.36. The third kappa shape index (κ3) is 3.23. The number of carbonyl (C=O) groups is 1. The number of imidazole rings is 1. The maximum atomic E-state index is 12.5. The largest absolute Gasteiger partial charge is 0.467 e. The van der Waals surface area contributed by atoms with Crippen molar-refractivity contribution in [2.45, 2.75) is 25.5 Å². The number of pyridine rings is 1. The summed E-state index contributed by atoms with van der Waals surface area (Å²) in [6, 6.07) is 8.52. The Morgan fingerprint density at radius 2 is 2.26 bits per heavy atom. The summed E-state index contributed by atoms with van der Waals surface area (Å²) >= 11 is 6.08. The molecule has 0 aliphatic heterocycles. The molecule has 3 aromatic heterocycles. The predicted octanol–water partition coefficient (Wildman–Crippen LogP) is 2.82. The lowest BCUT2D eigenvalue weighted by Crippen LogP contribution is -2.34. The Bertz CT molecular complexity index is 813. The minimum absolute atomic E-state index is 0.146. The van der Waals surface area contributed by atoms with Gasteiger partial charge < -0.3 is 14.8 Å². The van der Waals surface area contributed by atoms with Gasteiger partial charge in [0.15, 0.2) is 10.8 Å². The zero-order valence-corrected chi connectivity index (χ0v) is 13.2. The monoisotopic (exact) mass is 333 g/mol. The molecule has 3 heterocycles. The van der Waals surface area contributed by atoms with Gasteiger partial charge in [-0.3, -0.25) is 9.20 Å². The summed E-state index contributed by atoms with van der Waals surface area (Å²) in [6.07, 6.45) is 2.77. The second kappa shape index (κ2) is 6.44. The molecule has 0 fully saturated rings. The number of halogens is 1. The van der Waals surface area contributed by atoms with Crippen LogP contribution < -0.4 is 5.32 Å². The fourth-order valence-electron chi connectivity index (χ4n) is 2.45. The first-order valence-electron chi connectivity index (χ1n) is 7.21. The molecule has 0 aliphatic rings. The lowest BCUT2D eigenvalue weighted by molar-refractivity contribution is 0.0897. The van der Waals surface area contributed by atoms with Gasteiger partial charge in [0.25, 0.3) is 5.91 Å². The molecule has 2 unspecified atom stereocenters. The SMILES string of the molecule is CC(CC(O)c1ccco1)NC(=O)c1c(Cl)nc2ccccn12. The quantitative estimate of drug-likeness (QED) is 0.752. The summed E-state index contributed by atoms with van der Waals surface area (Å²) < 4.78 is 6.78. The van der Waals surface area contributed by atoms with Crippen molar-refractivity contribution in [2.24, 2.45) is 0 Å². The molecule has 0 spiro atoms. The van der Waals surface area contributed by atoms with E-state index in [9.17, 15) is 9.90 Å². The first kappa shape index (κ1) is 15.6. The minimum atomic E-state index is -0.780. The van der Waals surface area contributed by atoms with E-state index in [4.69, 9.17) is 16.0 Å². The molecule has 120 valence electrons. The maximum Gasteiger partial charge on any atom is 0.271 e. The van der Waals surface area contributed by atoms with Crippen LogP contribution in [0.3, 0.4) is 0 Å². The van der Waals surface area contributed by atoms with E-state index in [-0.39, 0.29) is 22.8 Å². The van der Waals surface area contributed by atoms with Crippen molar-refractivity contribution in [1.29, 1.82) is 0 Å². The van der Waals surface area contributed by atoms with Crippen molar-refractivity contribution in [2.75, 3.05) is 0 Å². The van der Waals surface area contributed by atoms with Gasteiger partial charge in [-0.1, -0.05) is 17.7 Å². The highest BCUT2D eigenvalue weighted by atomic mass is 35.5. The molecular formula is C16H16ClN3O3. The average Bonchev–Trinajstić information content (AvgIpc) is 3.13. The number of aliphatic hydroxyl groups excluding tert-OH is 1. The normalized spacial score (nSPS) is 13.9. The summed E-state index contributed by atoms with van der Waals surface area (Å²) in [5.74, 6) is 0.131. The molecule has 3 rings (SSSR count). The van der Waals surface area contributed by atoms with E-state index in [1.165, 1.54) is 6.26 Å². The fourth-order valence-corrected chi connectivity index (χ4v) is 2.72. The van der Waals surface area contributed by atoms with Gasteiger partial charge in [0, 0.05) is 18.7 Å². The third-order valence-electron chi connectivity index (χ3n) is 3.53. The van der Waals surface area contributed by atoms with Gasteiger partial charge in [-0.15, -0.1) is 0 Å². The van der Waals surface area contributed by atoms with Gasteiger partial charge in [0.2, 0.25) is 0 Å². The van der Waals surface area contributed by atoms with Gasteiger partial charge in [0.1, 0.15) is 17.5 Å². The number of furan rings is 1. The maximum absolute atomic E-state index is 12.5. The molecule has 23 heavy (non-hydrogen) atoms. The van der Waals surface area contributed by atoms with Crippen LogP contribution in [0.1, 0.15) is 35.7 Å². The summed E-state index contributed by atoms with van der Waals surface area (Å²) in [5.41, 5.74) is 0.882. The Labute approximate surface area is 137 Å². The van der Waals surface area contributed by atoms with Crippen molar-refractivity contribution in [1.82, 2.24) is 14.7 Å². The fraction of sp³-hybridized carbons (Fsp3) is 0.250. The number of carbonyl (C=O) groups excluding carboxylic acids is 1. The van der Waals surface area contributed by atoms with E-state index < -0.39 is 6.10 Å². The second-order valence-electron chi connectivity index (χ2n) is 5.32. The number of aliphatic hydroxyl groups is 1. The standard InChI is InChI=1S/C16H16ClN3O3/c1-10(9-11(21)12-5-4-8-23-12)18-16(22)14-15(17)19-13-6-2-3-7-20(13)14/h2-8,10-11,21H,9H2,1H3,(H,18,22). The molecule has 1 amide bonds. The third-order valence-corrected chi connectivity index (χ3v) is 3.79. The Morgan fingerprint density at radius 1 is 1.43 bits per heavy atom. The molecule has 2 N–H and O–H groups in total. The zero-order valence-electron chi connectivity index (χ0n) is 12.4. The van der Waals surface area contributed by atoms with E-state index >= 15 is 0 Å². The topological polar surface area (TPSA) is 79.8 Å². The number of rotatable bonds is 5. The number of amides is 1. The summed E-state index contributed by atoms with van der Waals surface area (Å²) in [5, 5.41) is 13.0. The summed E-state index contributed by atoms with van der Waals surface area (Å²) in [7, 11) is 0. The van der Waals surface area contributed by atoms with Crippen LogP contribution in [0.4, 0.5) is 0 Å². The highest BCUT2D eigenvalue weighted by molar-refractivity contribution is 6.32. The van der Waals surface area contributed by atoms with E-state index in [2.05, 4.69) is 10.3 Å². The predicted molar refractivity (Wildman–Crippen MR) is 85.4 cm³/mol. The highest BCUT2D eigenvalue weighted by Gasteiger charge is 2.21. The van der Waals surface area contributed by atoms with Crippen molar-refractivity contribution in [3.05, 3.63) is 59.4 Å². The molecule has 0 aromatic carbocycles. The van der Waals surface area contributed by atoms with Gasteiger partial charge in [-0.25, -0.2) is 4.98 Å². The lowest BCUT2D eigenvalue weighted by atomic mass is 10.1. The van der Waals surface area contributed by atoms with Crippen LogP contribution in [-0.4, -0.2) is 26.4 Å². The summed E-state index contributed by atoms with van der Waals surface area (Å²) in [6.45, 7) is 1.81. The molecule has 2 atom stereocenters. The Morgan fingerprint density at radius 3 is 3.00 bits per heavy atom. The van der Waals surface area contributed by atoms with Crippen LogP contribution in [-0.2, 0) is 0 Å². The number of nitrogens with zero attached hydrogens (tertiary/aromatic N) is 2. The Balaban J connectivity index is 1.72. The number of aromatic nitrogens is 2. The molecule has 0 aliphatic carbocycles. The molecule has 0 saturated heterocycles. The Hall–Kier alpha value is -2.31. The van der Waals surface area contributed by atoms with Gasteiger partial charge in [0.05, 0.1) is 6.26 Å². The van der Waals surface area contributed by atoms with E-state index in [0.29, 0.717) is 17.8 Å². The van der Waals surface area contributed by atoms with E-state index in [1.807, 2.05) is 6.07 Å². The van der Waals surface area contributed by atoms with Crippen LogP contribution in [0.2, 0.25) is 5.15 Å². The van der Waals surface area contributed by atoms with Crippen LogP contribution in [0.15, 0.2) is 47.2 Å². The minimum Gasteiger partial charge on any atom is -0.467 e. The van der Waals surface area contributed by atoms with Crippen LogP contribution in [0.5, 0.6) is 0 Å². The first-order valence-corrected chi connectivity index (χ1v) is 7.59. The smallest absolute Gasteiger partial charge is 0.271 e. The van der Waals surface area contributed by atoms with Crippen LogP contribution >= 0.6 is 11.6 Å². The molecule has 7 heteroatoms. The van der Waals surface area contributed by atoms with Gasteiger partial charge >= 0.3 is 0 Å². The molecule has 0 saturated carbocycles. The molecule has 0 bridgehead atoms. The van der Waals surface area contributed by atoms with E-state index in [0.717, 1.165) is 0 Å². The average molecular weight is 334 g/mol. The van der Waals surface area contributed by atoms with Crippen LogP contribution in [0, 0.1) is 0 Å². The number of fused-ring (bicyclic) bond motifs is 1. The summed E-state index contributed by atoms with van der Waals surface area (Å²) in [4.78, 5) is 16.6. The zero-order chi connectivity index (χ0) is 16.4. The number of hydrogen-bond donors (Lipinski definition) is 2. The van der Waals surface area contributed by atoms with Gasteiger partial charge in [-0.05, 0) is 31.2 Å².